The molecule has 2 rings (SSSR count). The summed E-state index contributed by atoms with van der Waals surface area (Å²) < 4.78 is 6.90. The molecule has 1 N–H and O–H groups in total. The van der Waals surface area contributed by atoms with E-state index in [0.717, 1.165) is 8.45 Å². The zero-order chi connectivity index (χ0) is 12.8. The molecule has 0 bridgehead atoms. The van der Waals surface area contributed by atoms with Gasteiger partial charge in [-0.15, -0.1) is 11.3 Å². The summed E-state index contributed by atoms with van der Waals surface area (Å²) in [6.45, 7) is 1.22. The molecule has 5 heteroatoms. The van der Waals surface area contributed by atoms with E-state index in [2.05, 4.69) is 27.9 Å². The molecule has 1 heterocycles. The molecule has 0 radical (unpaired) electrons. The number of amides is 1. The summed E-state index contributed by atoms with van der Waals surface area (Å²) in [6.07, 6.45) is 6.67. The molecule has 1 aromatic heterocycles. The van der Waals surface area contributed by atoms with Gasteiger partial charge in [-0.2, -0.15) is 0 Å². The Morgan fingerprint density at radius 2 is 2.22 bits per heavy atom. The highest BCUT2D eigenvalue weighted by Gasteiger charge is 2.13. The number of hydrogen-bond donors (Lipinski definition) is 1. The molecule has 1 aliphatic rings. The third-order valence-corrected chi connectivity index (χ3v) is 4.91. The van der Waals surface area contributed by atoms with Crippen LogP contribution >= 0.6 is 33.9 Å². The second-order valence-corrected chi connectivity index (χ2v) is 7.33. The number of carbonyl (C=O) groups is 1. The predicted molar refractivity (Wildman–Crippen MR) is 82.2 cm³/mol. The van der Waals surface area contributed by atoms with Crippen molar-refractivity contribution >= 4 is 39.8 Å². The lowest BCUT2D eigenvalue weighted by molar-refractivity contribution is 0.0299. The second-order valence-electron chi connectivity index (χ2n) is 4.53. The molecule has 0 saturated heterocycles. The number of ether oxygens (including phenoxy) is 1. The highest BCUT2D eigenvalue weighted by atomic mass is 127. The Kier molecular flexibility index (Phi) is 5.91. The van der Waals surface area contributed by atoms with Crippen molar-refractivity contribution in [2.75, 3.05) is 13.2 Å². The fourth-order valence-corrected chi connectivity index (χ4v) is 3.48. The third kappa shape index (κ3) is 4.51. The van der Waals surface area contributed by atoms with E-state index in [1.165, 1.54) is 32.1 Å². The van der Waals surface area contributed by atoms with Crippen LogP contribution in [-0.4, -0.2) is 25.2 Å². The molecule has 1 amide bonds. The summed E-state index contributed by atoms with van der Waals surface area (Å²) in [4.78, 5) is 11.7. The van der Waals surface area contributed by atoms with E-state index >= 15 is 0 Å². The second kappa shape index (κ2) is 7.45. The van der Waals surface area contributed by atoms with Crippen LogP contribution in [0.1, 0.15) is 42.5 Å². The van der Waals surface area contributed by atoms with Crippen molar-refractivity contribution in [1.82, 2.24) is 5.32 Å². The Balaban J connectivity index is 1.61. The molecule has 0 unspecified atom stereocenters. The summed E-state index contributed by atoms with van der Waals surface area (Å²) in [5, 5.41) is 4.78. The first-order valence-electron chi connectivity index (χ1n) is 6.39. The van der Waals surface area contributed by atoms with Gasteiger partial charge in [-0.3, -0.25) is 4.79 Å². The molecule has 3 nitrogen and oxygen atoms in total. The Morgan fingerprint density at radius 3 is 2.89 bits per heavy atom. The number of thiophene rings is 1. The molecule has 0 atom stereocenters. The Morgan fingerprint density at radius 1 is 1.44 bits per heavy atom. The average molecular weight is 379 g/mol. The number of nitrogens with one attached hydrogen (secondary N) is 1. The van der Waals surface area contributed by atoms with Gasteiger partial charge in [0, 0.05) is 11.9 Å². The summed E-state index contributed by atoms with van der Waals surface area (Å²) in [5.41, 5.74) is 0.752. The molecule has 1 aromatic rings. The maximum atomic E-state index is 11.7. The van der Waals surface area contributed by atoms with Crippen LogP contribution in [0, 0.1) is 2.88 Å². The predicted octanol–water partition coefficient (Wildman–Crippen LogP) is 3.43. The zero-order valence-electron chi connectivity index (χ0n) is 10.3. The van der Waals surface area contributed by atoms with Gasteiger partial charge in [0.05, 0.1) is 21.2 Å². The van der Waals surface area contributed by atoms with Gasteiger partial charge in [0.15, 0.2) is 0 Å². The first kappa shape index (κ1) is 14.3. The van der Waals surface area contributed by atoms with E-state index in [0.29, 0.717) is 19.3 Å². The van der Waals surface area contributed by atoms with Crippen LogP contribution in [0.5, 0.6) is 0 Å². The Labute approximate surface area is 125 Å². The molecule has 1 saturated carbocycles. The maximum Gasteiger partial charge on any atom is 0.252 e. The highest BCUT2D eigenvalue weighted by Crippen LogP contribution is 2.20. The summed E-state index contributed by atoms with van der Waals surface area (Å²) in [6, 6.07) is 1.91. The molecule has 1 fully saturated rings. The van der Waals surface area contributed by atoms with Crippen LogP contribution in [0.25, 0.3) is 0 Å². The van der Waals surface area contributed by atoms with Gasteiger partial charge < -0.3 is 10.1 Å². The van der Waals surface area contributed by atoms with Crippen molar-refractivity contribution in [3.8, 4) is 0 Å². The van der Waals surface area contributed by atoms with Crippen molar-refractivity contribution in [3.05, 3.63) is 19.9 Å². The minimum Gasteiger partial charge on any atom is -0.376 e. The number of carbonyl (C=O) groups excluding carboxylic acids is 1. The summed E-state index contributed by atoms with van der Waals surface area (Å²) in [5.74, 6) is 0.00131. The summed E-state index contributed by atoms with van der Waals surface area (Å²) in [7, 11) is 0. The molecular formula is C13H18INO2S. The number of halogens is 1. The number of hydrogen-bond acceptors (Lipinski definition) is 3. The van der Waals surface area contributed by atoms with Gasteiger partial charge in [-0.05, 0) is 41.5 Å². The van der Waals surface area contributed by atoms with Crippen molar-refractivity contribution in [2.24, 2.45) is 0 Å². The third-order valence-electron chi connectivity index (χ3n) is 3.12. The molecule has 0 spiro atoms. The lowest BCUT2D eigenvalue weighted by Crippen LogP contribution is -2.29. The molecule has 0 aliphatic heterocycles. The lowest BCUT2D eigenvalue weighted by atomic mass is 9.98. The Bertz CT molecular complexity index is 388. The van der Waals surface area contributed by atoms with Gasteiger partial charge in [-0.1, -0.05) is 19.3 Å². The van der Waals surface area contributed by atoms with Crippen molar-refractivity contribution in [3.63, 3.8) is 0 Å². The SMILES string of the molecule is O=C(NCCOC1CCCCC1)c1csc(I)c1. The van der Waals surface area contributed by atoms with E-state index < -0.39 is 0 Å². The first-order chi connectivity index (χ1) is 8.75. The first-order valence-corrected chi connectivity index (χ1v) is 8.35. The fraction of sp³-hybridized carbons (Fsp3) is 0.615. The topological polar surface area (TPSA) is 38.3 Å². The fourth-order valence-electron chi connectivity index (χ4n) is 2.15. The molecular weight excluding hydrogens is 361 g/mol. The van der Waals surface area contributed by atoms with Crippen LogP contribution in [0.3, 0.4) is 0 Å². The lowest BCUT2D eigenvalue weighted by Gasteiger charge is -2.21. The molecule has 18 heavy (non-hydrogen) atoms. The van der Waals surface area contributed by atoms with E-state index in [1.54, 1.807) is 11.3 Å². The Hall–Kier alpha value is -0.140. The van der Waals surface area contributed by atoms with Gasteiger partial charge in [0.1, 0.15) is 0 Å². The average Bonchev–Trinajstić information content (AvgIpc) is 2.82. The van der Waals surface area contributed by atoms with Crippen LogP contribution in [0.2, 0.25) is 0 Å². The van der Waals surface area contributed by atoms with Gasteiger partial charge >= 0.3 is 0 Å². The van der Waals surface area contributed by atoms with Crippen molar-refractivity contribution in [1.29, 1.82) is 0 Å². The summed E-state index contributed by atoms with van der Waals surface area (Å²) >= 11 is 3.81. The normalized spacial score (nSPS) is 16.7. The van der Waals surface area contributed by atoms with E-state index in [1.807, 2.05) is 11.4 Å². The minimum absolute atomic E-state index is 0.00131. The smallest absolute Gasteiger partial charge is 0.252 e. The van der Waals surface area contributed by atoms with Gasteiger partial charge in [0.2, 0.25) is 0 Å². The minimum atomic E-state index is 0.00131. The zero-order valence-corrected chi connectivity index (χ0v) is 13.3. The van der Waals surface area contributed by atoms with Crippen LogP contribution < -0.4 is 5.32 Å². The monoisotopic (exact) mass is 379 g/mol. The van der Waals surface area contributed by atoms with Gasteiger partial charge in [-0.25, -0.2) is 0 Å². The van der Waals surface area contributed by atoms with Crippen LogP contribution in [0.4, 0.5) is 0 Å². The van der Waals surface area contributed by atoms with E-state index in [-0.39, 0.29) is 5.91 Å². The maximum absolute atomic E-state index is 11.7. The molecule has 100 valence electrons. The van der Waals surface area contributed by atoms with Crippen molar-refractivity contribution < 1.29 is 9.53 Å². The van der Waals surface area contributed by atoms with Crippen LogP contribution in [0.15, 0.2) is 11.4 Å². The number of rotatable bonds is 5. The molecule has 1 aliphatic carbocycles. The van der Waals surface area contributed by atoms with E-state index in [9.17, 15) is 4.79 Å². The molecule has 0 aromatic carbocycles. The largest absolute Gasteiger partial charge is 0.376 e. The quantitative estimate of drug-likeness (QED) is 0.629. The van der Waals surface area contributed by atoms with Crippen LogP contribution in [-0.2, 0) is 4.74 Å². The van der Waals surface area contributed by atoms with Crippen molar-refractivity contribution in [2.45, 2.75) is 38.2 Å². The van der Waals surface area contributed by atoms with E-state index in [4.69, 9.17) is 4.74 Å². The highest BCUT2D eigenvalue weighted by molar-refractivity contribution is 14.1. The standard InChI is InChI=1S/C13H18INO2S/c14-12-8-10(9-18-12)13(16)15-6-7-17-11-4-2-1-3-5-11/h8-9,11H,1-7H2,(H,15,16). The van der Waals surface area contributed by atoms with Gasteiger partial charge in [0.25, 0.3) is 5.91 Å².